The van der Waals surface area contributed by atoms with Gasteiger partial charge in [0, 0.05) is 12.8 Å². The molecule has 4 fully saturated rings. The predicted molar refractivity (Wildman–Crippen MR) is 92.4 cm³/mol. The SMILES string of the molecule is O=C(CCCCC(=O)OC[C@@H]1CC[C@H]2O[C@@H]2C1)OC[C@@H]1CC[C@H]2O[C@@H]2C1. The highest BCUT2D eigenvalue weighted by Gasteiger charge is 2.44. The van der Waals surface area contributed by atoms with E-state index in [0.717, 1.165) is 38.5 Å². The number of rotatable bonds is 9. The molecule has 0 aromatic rings. The Balaban J connectivity index is 0.992. The fourth-order valence-electron chi connectivity index (χ4n) is 4.38. The van der Waals surface area contributed by atoms with E-state index in [1.165, 1.54) is 0 Å². The molecular formula is C20H30O6. The van der Waals surface area contributed by atoms with Crippen LogP contribution in [0.3, 0.4) is 0 Å². The molecule has 26 heavy (non-hydrogen) atoms. The van der Waals surface area contributed by atoms with Crippen molar-refractivity contribution < 1.29 is 28.5 Å². The van der Waals surface area contributed by atoms with Gasteiger partial charge in [-0.15, -0.1) is 0 Å². The average molecular weight is 366 g/mol. The summed E-state index contributed by atoms with van der Waals surface area (Å²) in [5.74, 6) is 0.597. The van der Waals surface area contributed by atoms with Gasteiger partial charge in [-0.3, -0.25) is 9.59 Å². The summed E-state index contributed by atoms with van der Waals surface area (Å²) in [7, 11) is 0. The third-order valence-corrected chi connectivity index (χ3v) is 6.20. The highest BCUT2D eigenvalue weighted by atomic mass is 16.6. The molecule has 0 radical (unpaired) electrons. The lowest BCUT2D eigenvalue weighted by Crippen LogP contribution is -2.20. The molecule has 2 heterocycles. The van der Waals surface area contributed by atoms with E-state index in [9.17, 15) is 9.59 Å². The number of ether oxygens (including phenoxy) is 4. The van der Waals surface area contributed by atoms with E-state index in [1.54, 1.807) is 0 Å². The minimum absolute atomic E-state index is 0.154. The lowest BCUT2D eigenvalue weighted by molar-refractivity contribution is -0.147. The monoisotopic (exact) mass is 366 g/mol. The molecule has 4 rings (SSSR count). The molecule has 2 saturated carbocycles. The maximum absolute atomic E-state index is 11.8. The van der Waals surface area contributed by atoms with Gasteiger partial charge >= 0.3 is 11.9 Å². The van der Waals surface area contributed by atoms with Crippen molar-refractivity contribution in [3.8, 4) is 0 Å². The van der Waals surface area contributed by atoms with Crippen molar-refractivity contribution in [2.24, 2.45) is 11.8 Å². The number of epoxide rings is 2. The molecule has 0 bridgehead atoms. The molecule has 0 aromatic heterocycles. The Morgan fingerprint density at radius 3 is 1.58 bits per heavy atom. The molecule has 2 aliphatic carbocycles. The summed E-state index contributed by atoms with van der Waals surface area (Å²) < 4.78 is 21.7. The van der Waals surface area contributed by atoms with E-state index in [0.29, 0.717) is 75.1 Å². The van der Waals surface area contributed by atoms with Gasteiger partial charge in [0.15, 0.2) is 0 Å². The van der Waals surface area contributed by atoms with E-state index < -0.39 is 0 Å². The first kappa shape index (κ1) is 18.2. The van der Waals surface area contributed by atoms with E-state index in [-0.39, 0.29) is 11.9 Å². The highest BCUT2D eigenvalue weighted by Crippen LogP contribution is 2.40. The summed E-state index contributed by atoms with van der Waals surface area (Å²) in [4.78, 5) is 23.6. The van der Waals surface area contributed by atoms with Gasteiger partial charge in [0.05, 0.1) is 37.6 Å². The summed E-state index contributed by atoms with van der Waals surface area (Å²) in [6.45, 7) is 1.03. The summed E-state index contributed by atoms with van der Waals surface area (Å²) in [5.41, 5.74) is 0. The van der Waals surface area contributed by atoms with Crippen LogP contribution in [0.15, 0.2) is 0 Å². The second-order valence-electron chi connectivity index (χ2n) is 8.36. The van der Waals surface area contributed by atoms with Crippen LogP contribution in [-0.2, 0) is 28.5 Å². The van der Waals surface area contributed by atoms with Crippen LogP contribution in [0, 0.1) is 11.8 Å². The van der Waals surface area contributed by atoms with Crippen molar-refractivity contribution >= 4 is 11.9 Å². The largest absolute Gasteiger partial charge is 0.465 e. The molecule has 0 spiro atoms. The zero-order valence-electron chi connectivity index (χ0n) is 15.4. The zero-order valence-corrected chi connectivity index (χ0v) is 15.4. The van der Waals surface area contributed by atoms with Gasteiger partial charge in [0.25, 0.3) is 0 Å². The summed E-state index contributed by atoms with van der Waals surface area (Å²) in [6.07, 6.45) is 10.4. The average Bonchev–Trinajstić information content (AvgIpc) is 3.55. The molecule has 0 amide bonds. The van der Waals surface area contributed by atoms with Gasteiger partial charge in [0.1, 0.15) is 0 Å². The minimum Gasteiger partial charge on any atom is -0.465 e. The molecule has 2 aliphatic heterocycles. The van der Waals surface area contributed by atoms with Crippen molar-refractivity contribution in [3.63, 3.8) is 0 Å². The number of carbonyl (C=O) groups excluding carboxylic acids is 2. The molecule has 0 N–H and O–H groups in total. The Bertz CT molecular complexity index is 474. The zero-order chi connectivity index (χ0) is 17.9. The third kappa shape index (κ3) is 5.19. The quantitative estimate of drug-likeness (QED) is 0.355. The Kier molecular flexibility index (Phi) is 5.79. The predicted octanol–water partition coefficient (Wildman–Crippen LogP) is 2.77. The Morgan fingerprint density at radius 2 is 1.15 bits per heavy atom. The maximum Gasteiger partial charge on any atom is 0.305 e. The highest BCUT2D eigenvalue weighted by molar-refractivity contribution is 5.70. The molecular weight excluding hydrogens is 336 g/mol. The minimum atomic E-state index is -0.154. The van der Waals surface area contributed by atoms with E-state index in [4.69, 9.17) is 18.9 Å². The van der Waals surface area contributed by atoms with Crippen LogP contribution in [0.4, 0.5) is 0 Å². The fraction of sp³-hybridized carbons (Fsp3) is 0.900. The molecule has 2 saturated heterocycles. The maximum atomic E-state index is 11.8. The van der Waals surface area contributed by atoms with Crippen LogP contribution in [0.5, 0.6) is 0 Å². The fourth-order valence-corrected chi connectivity index (χ4v) is 4.38. The summed E-state index contributed by atoms with van der Waals surface area (Å²) in [6, 6.07) is 0. The van der Waals surface area contributed by atoms with Crippen molar-refractivity contribution in [2.45, 2.75) is 88.6 Å². The van der Waals surface area contributed by atoms with Crippen molar-refractivity contribution in [3.05, 3.63) is 0 Å². The second-order valence-corrected chi connectivity index (χ2v) is 8.36. The van der Waals surface area contributed by atoms with Gasteiger partial charge in [-0.2, -0.15) is 0 Å². The summed E-state index contributed by atoms with van der Waals surface area (Å²) in [5, 5.41) is 0. The molecule has 146 valence electrons. The lowest BCUT2D eigenvalue weighted by atomic mass is 9.90. The number of esters is 2. The van der Waals surface area contributed by atoms with Crippen molar-refractivity contribution in [1.82, 2.24) is 0 Å². The first-order valence-corrected chi connectivity index (χ1v) is 10.3. The molecule has 6 atom stereocenters. The van der Waals surface area contributed by atoms with Crippen LogP contribution in [0.1, 0.15) is 64.2 Å². The van der Waals surface area contributed by atoms with E-state index in [1.807, 2.05) is 0 Å². The van der Waals surface area contributed by atoms with Gasteiger partial charge in [-0.1, -0.05) is 0 Å². The first-order chi connectivity index (χ1) is 12.7. The molecule has 0 unspecified atom stereocenters. The Morgan fingerprint density at radius 1 is 0.692 bits per heavy atom. The summed E-state index contributed by atoms with van der Waals surface area (Å²) >= 11 is 0. The number of hydrogen-bond donors (Lipinski definition) is 0. The van der Waals surface area contributed by atoms with Gasteiger partial charge in [-0.25, -0.2) is 0 Å². The molecule has 6 heteroatoms. The van der Waals surface area contributed by atoms with Gasteiger partial charge < -0.3 is 18.9 Å². The molecule has 4 aliphatic rings. The van der Waals surface area contributed by atoms with Crippen molar-refractivity contribution in [2.75, 3.05) is 13.2 Å². The standard InChI is InChI=1S/C20H30O6/c21-19(23-11-13-5-7-15-17(9-13)25-15)3-1-2-4-20(22)24-12-14-6-8-16-18(10-14)26-16/h13-18H,1-12H2/t13-,14-,15-,16-,17-,18-/m1/s1. The smallest absolute Gasteiger partial charge is 0.305 e. The lowest BCUT2D eigenvalue weighted by Gasteiger charge is -2.18. The van der Waals surface area contributed by atoms with Crippen LogP contribution in [-0.4, -0.2) is 49.6 Å². The van der Waals surface area contributed by atoms with Gasteiger partial charge in [0.2, 0.25) is 0 Å². The Hall–Kier alpha value is -1.14. The number of hydrogen-bond acceptors (Lipinski definition) is 6. The normalized spacial score (nSPS) is 37.2. The number of carbonyl (C=O) groups is 2. The molecule has 6 nitrogen and oxygen atoms in total. The Labute approximate surface area is 154 Å². The van der Waals surface area contributed by atoms with Crippen LogP contribution < -0.4 is 0 Å². The van der Waals surface area contributed by atoms with Crippen LogP contribution in [0.2, 0.25) is 0 Å². The third-order valence-electron chi connectivity index (χ3n) is 6.20. The number of unbranched alkanes of at least 4 members (excludes halogenated alkanes) is 1. The molecule has 0 aromatic carbocycles. The van der Waals surface area contributed by atoms with E-state index in [2.05, 4.69) is 0 Å². The van der Waals surface area contributed by atoms with Crippen LogP contribution >= 0.6 is 0 Å². The van der Waals surface area contributed by atoms with Crippen LogP contribution in [0.25, 0.3) is 0 Å². The van der Waals surface area contributed by atoms with Gasteiger partial charge in [-0.05, 0) is 63.2 Å². The van der Waals surface area contributed by atoms with Crippen molar-refractivity contribution in [1.29, 1.82) is 0 Å². The van der Waals surface area contributed by atoms with E-state index >= 15 is 0 Å². The topological polar surface area (TPSA) is 77.7 Å². The number of fused-ring (bicyclic) bond motifs is 2. The second kappa shape index (κ2) is 8.26. The first-order valence-electron chi connectivity index (χ1n) is 10.3.